The molecule has 0 amide bonds. The van der Waals surface area contributed by atoms with Crippen LogP contribution in [-0.2, 0) is 0 Å². The fourth-order valence-electron chi connectivity index (χ4n) is 6.45. The fourth-order valence-corrected chi connectivity index (χ4v) is 6.45. The molecule has 0 heterocycles. The molecule has 1 nitrogen and oxygen atoms in total. The Labute approximate surface area is 132 Å². The SMILES string of the molecule is CNCC1=CCC2CCC3C(C)(C)CCCC3(C)C2CC1. The van der Waals surface area contributed by atoms with Gasteiger partial charge in [-0.1, -0.05) is 38.8 Å². The van der Waals surface area contributed by atoms with E-state index in [9.17, 15) is 0 Å². The summed E-state index contributed by atoms with van der Waals surface area (Å²) in [6.07, 6.45) is 14.1. The van der Waals surface area contributed by atoms with Crippen molar-refractivity contribution in [1.29, 1.82) is 0 Å². The first-order valence-corrected chi connectivity index (χ1v) is 9.30. The molecule has 0 bridgehead atoms. The number of allylic oxidation sites excluding steroid dienone is 1. The van der Waals surface area contributed by atoms with Crippen LogP contribution in [0, 0.1) is 28.6 Å². The maximum Gasteiger partial charge on any atom is 0.0161 e. The van der Waals surface area contributed by atoms with Gasteiger partial charge in [-0.25, -0.2) is 0 Å². The molecule has 1 N–H and O–H groups in total. The summed E-state index contributed by atoms with van der Waals surface area (Å²) in [5.41, 5.74) is 2.86. The summed E-state index contributed by atoms with van der Waals surface area (Å²) in [4.78, 5) is 0. The van der Waals surface area contributed by atoms with Gasteiger partial charge in [0.25, 0.3) is 0 Å². The maximum absolute atomic E-state index is 3.36. The van der Waals surface area contributed by atoms with Gasteiger partial charge in [0.1, 0.15) is 0 Å². The lowest BCUT2D eigenvalue weighted by Gasteiger charge is -2.59. The van der Waals surface area contributed by atoms with Crippen LogP contribution in [0.15, 0.2) is 11.6 Å². The van der Waals surface area contributed by atoms with Crippen LogP contribution in [0.4, 0.5) is 0 Å². The van der Waals surface area contributed by atoms with Gasteiger partial charge in [0, 0.05) is 6.54 Å². The molecule has 2 fully saturated rings. The van der Waals surface area contributed by atoms with E-state index in [4.69, 9.17) is 0 Å². The Morgan fingerprint density at radius 2 is 1.95 bits per heavy atom. The maximum atomic E-state index is 3.36. The van der Waals surface area contributed by atoms with Gasteiger partial charge < -0.3 is 5.32 Å². The van der Waals surface area contributed by atoms with Gasteiger partial charge in [0.05, 0.1) is 0 Å². The van der Waals surface area contributed by atoms with Crippen LogP contribution in [0.5, 0.6) is 0 Å². The lowest BCUT2D eigenvalue weighted by Crippen LogP contribution is -2.51. The minimum atomic E-state index is 0.575. The van der Waals surface area contributed by atoms with Gasteiger partial charge >= 0.3 is 0 Å². The normalized spacial score (nSPS) is 42.5. The van der Waals surface area contributed by atoms with Crippen LogP contribution in [0.2, 0.25) is 0 Å². The van der Waals surface area contributed by atoms with Gasteiger partial charge in [-0.3, -0.25) is 0 Å². The van der Waals surface area contributed by atoms with E-state index in [-0.39, 0.29) is 0 Å². The summed E-state index contributed by atoms with van der Waals surface area (Å²) in [7, 11) is 2.08. The van der Waals surface area contributed by atoms with E-state index >= 15 is 0 Å². The molecule has 4 atom stereocenters. The molecule has 3 aliphatic rings. The summed E-state index contributed by atoms with van der Waals surface area (Å²) < 4.78 is 0. The zero-order valence-electron chi connectivity index (χ0n) is 14.7. The van der Waals surface area contributed by atoms with Gasteiger partial charge in [-0.15, -0.1) is 0 Å². The van der Waals surface area contributed by atoms with Crippen LogP contribution in [0.25, 0.3) is 0 Å². The van der Waals surface area contributed by atoms with Crippen LogP contribution in [0.1, 0.15) is 72.1 Å². The number of hydrogen-bond acceptors (Lipinski definition) is 1. The van der Waals surface area contributed by atoms with Gasteiger partial charge in [0.2, 0.25) is 0 Å². The topological polar surface area (TPSA) is 12.0 Å². The van der Waals surface area contributed by atoms with Crippen LogP contribution >= 0.6 is 0 Å². The molecule has 0 spiro atoms. The third-order valence-corrected chi connectivity index (χ3v) is 7.41. The Balaban J connectivity index is 1.82. The molecule has 0 aliphatic heterocycles. The largest absolute Gasteiger partial charge is 0.316 e. The summed E-state index contributed by atoms with van der Waals surface area (Å²) in [5.74, 6) is 2.90. The van der Waals surface area contributed by atoms with Crippen molar-refractivity contribution >= 4 is 0 Å². The van der Waals surface area contributed by atoms with E-state index in [0.717, 1.165) is 24.3 Å². The second kappa shape index (κ2) is 5.72. The molecule has 2 saturated carbocycles. The average molecular weight is 290 g/mol. The zero-order valence-corrected chi connectivity index (χ0v) is 14.7. The molecular weight excluding hydrogens is 254 g/mol. The van der Waals surface area contributed by atoms with Crippen molar-refractivity contribution in [1.82, 2.24) is 5.32 Å². The van der Waals surface area contributed by atoms with Crippen molar-refractivity contribution in [3.63, 3.8) is 0 Å². The summed E-state index contributed by atoms with van der Waals surface area (Å²) in [5, 5.41) is 3.36. The highest BCUT2D eigenvalue weighted by Gasteiger charge is 2.54. The lowest BCUT2D eigenvalue weighted by atomic mass is 9.46. The molecule has 0 aromatic heterocycles. The van der Waals surface area contributed by atoms with E-state index in [2.05, 4.69) is 39.2 Å². The van der Waals surface area contributed by atoms with E-state index in [1.54, 1.807) is 5.57 Å². The molecule has 0 saturated heterocycles. The lowest BCUT2D eigenvalue weighted by molar-refractivity contribution is -0.0977. The second-order valence-electron chi connectivity index (χ2n) is 9.01. The molecule has 21 heavy (non-hydrogen) atoms. The monoisotopic (exact) mass is 289 g/mol. The highest BCUT2D eigenvalue weighted by atomic mass is 14.8. The van der Waals surface area contributed by atoms with Crippen molar-refractivity contribution in [3.05, 3.63) is 11.6 Å². The minimum absolute atomic E-state index is 0.575. The minimum Gasteiger partial charge on any atom is -0.316 e. The second-order valence-corrected chi connectivity index (χ2v) is 9.01. The molecule has 0 radical (unpaired) electrons. The Morgan fingerprint density at radius 3 is 2.71 bits per heavy atom. The summed E-state index contributed by atoms with van der Waals surface area (Å²) >= 11 is 0. The van der Waals surface area contributed by atoms with Crippen molar-refractivity contribution in [2.75, 3.05) is 13.6 Å². The zero-order chi connectivity index (χ0) is 15.1. The smallest absolute Gasteiger partial charge is 0.0161 e. The molecule has 0 aromatic rings. The molecule has 3 aliphatic carbocycles. The fraction of sp³-hybridized carbons (Fsp3) is 0.900. The number of nitrogens with one attached hydrogen (secondary N) is 1. The Hall–Kier alpha value is -0.300. The number of rotatable bonds is 2. The quantitative estimate of drug-likeness (QED) is 0.691. The number of fused-ring (bicyclic) bond motifs is 3. The highest BCUT2D eigenvalue weighted by molar-refractivity contribution is 5.12. The predicted octanol–water partition coefficient (Wildman–Crippen LogP) is 5.17. The van der Waals surface area contributed by atoms with Gasteiger partial charge in [-0.2, -0.15) is 0 Å². The third kappa shape index (κ3) is 2.71. The first kappa shape index (κ1) is 15.6. The van der Waals surface area contributed by atoms with Crippen LogP contribution < -0.4 is 5.32 Å². The first-order chi connectivity index (χ1) is 9.97. The molecule has 1 heteroatoms. The van der Waals surface area contributed by atoms with Gasteiger partial charge in [0.15, 0.2) is 0 Å². The van der Waals surface area contributed by atoms with Crippen molar-refractivity contribution < 1.29 is 0 Å². The molecule has 0 aromatic carbocycles. The molecular formula is C20H35N. The standard InChI is InChI=1S/C20H35N/c1-19(2)12-5-13-20(3)17-10-7-15(14-21-4)6-8-16(17)9-11-18(19)20/h6,16-18,21H,5,7-14H2,1-4H3. The van der Waals surface area contributed by atoms with Crippen LogP contribution in [-0.4, -0.2) is 13.6 Å². The van der Waals surface area contributed by atoms with E-state index in [1.165, 1.54) is 51.4 Å². The summed E-state index contributed by atoms with van der Waals surface area (Å²) in [6, 6.07) is 0. The van der Waals surface area contributed by atoms with E-state index < -0.39 is 0 Å². The Morgan fingerprint density at radius 1 is 1.14 bits per heavy atom. The van der Waals surface area contributed by atoms with Crippen molar-refractivity contribution in [3.8, 4) is 0 Å². The Kier molecular flexibility index (Phi) is 4.25. The van der Waals surface area contributed by atoms with E-state index in [1.807, 2.05) is 0 Å². The predicted molar refractivity (Wildman–Crippen MR) is 91.3 cm³/mol. The third-order valence-electron chi connectivity index (χ3n) is 7.41. The summed E-state index contributed by atoms with van der Waals surface area (Å²) in [6.45, 7) is 8.87. The molecule has 3 rings (SSSR count). The molecule has 120 valence electrons. The first-order valence-electron chi connectivity index (χ1n) is 9.30. The van der Waals surface area contributed by atoms with Gasteiger partial charge in [-0.05, 0) is 80.6 Å². The average Bonchev–Trinajstić information content (AvgIpc) is 2.62. The number of likely N-dealkylation sites (N-methyl/N-ethyl adjacent to an activating group) is 1. The molecule has 4 unspecified atom stereocenters. The number of hydrogen-bond donors (Lipinski definition) is 1. The Bertz CT molecular complexity index is 408. The van der Waals surface area contributed by atoms with Crippen LogP contribution in [0.3, 0.4) is 0 Å². The van der Waals surface area contributed by atoms with Crippen molar-refractivity contribution in [2.45, 2.75) is 72.1 Å². The highest BCUT2D eigenvalue weighted by Crippen LogP contribution is 2.63. The van der Waals surface area contributed by atoms with E-state index in [0.29, 0.717) is 10.8 Å². The van der Waals surface area contributed by atoms with Crippen molar-refractivity contribution in [2.24, 2.45) is 28.6 Å².